The molecule has 0 unspecified atom stereocenters. The summed E-state index contributed by atoms with van der Waals surface area (Å²) in [7, 11) is 0. The minimum absolute atomic E-state index is 0.0932. The van der Waals surface area contributed by atoms with Gasteiger partial charge in [0, 0.05) is 5.56 Å². The first-order chi connectivity index (χ1) is 13.1. The highest BCUT2D eigenvalue weighted by Crippen LogP contribution is 2.29. The molecule has 2 rings (SSSR count). The van der Waals surface area contributed by atoms with Crippen LogP contribution in [-0.2, 0) is 27.1 Å². The number of carboxylic acid groups (broad SMARTS) is 1. The molecule has 2 aromatic rings. The van der Waals surface area contributed by atoms with Gasteiger partial charge in [0.1, 0.15) is 18.8 Å². The van der Waals surface area contributed by atoms with E-state index in [0.717, 1.165) is 12.1 Å². The Labute approximate surface area is 157 Å². The highest BCUT2D eigenvalue weighted by Gasteiger charge is 2.30. The summed E-state index contributed by atoms with van der Waals surface area (Å²) in [6.45, 7) is -0.694. The maximum Gasteiger partial charge on any atom is 0.416 e. The van der Waals surface area contributed by atoms with Gasteiger partial charge in [-0.2, -0.15) is 13.2 Å². The number of halogens is 3. The Morgan fingerprint density at radius 1 is 1.00 bits per heavy atom. The first kappa shape index (κ1) is 20.9. The number of alkyl halides is 3. The molecular formula is C19H15F3O6. The Kier molecular flexibility index (Phi) is 6.75. The number of carbonyl (C=O) groups excluding carboxylic acids is 2. The van der Waals surface area contributed by atoms with E-state index in [2.05, 4.69) is 4.74 Å². The summed E-state index contributed by atoms with van der Waals surface area (Å²) in [5.41, 5.74) is -0.234. The van der Waals surface area contributed by atoms with E-state index in [1.54, 1.807) is 0 Å². The number of Topliss-reactive ketones (excluding diaryl/α,β-unsaturated/α-hetero) is 1. The summed E-state index contributed by atoms with van der Waals surface area (Å²) >= 11 is 0. The van der Waals surface area contributed by atoms with Crippen LogP contribution in [0, 0.1) is 0 Å². The van der Waals surface area contributed by atoms with Crippen molar-refractivity contribution in [2.24, 2.45) is 0 Å². The minimum atomic E-state index is -4.44. The van der Waals surface area contributed by atoms with Crippen LogP contribution in [-0.4, -0.2) is 29.4 Å². The molecule has 0 spiro atoms. The molecule has 0 fully saturated rings. The predicted molar refractivity (Wildman–Crippen MR) is 89.8 cm³/mol. The van der Waals surface area contributed by atoms with Crippen molar-refractivity contribution < 1.29 is 42.1 Å². The van der Waals surface area contributed by atoms with E-state index >= 15 is 0 Å². The number of ether oxygens (including phenoxy) is 2. The molecule has 0 saturated heterocycles. The molecule has 0 aliphatic carbocycles. The standard InChI is InChI=1S/C19H15F3O6/c20-19(21,22)14-3-1-2-12(8-14)10-27-15-6-4-13(5-7-15)16(23)11-28-18(26)9-17(24)25/h1-8H,9-11H2,(H,24,25). The molecule has 0 bridgehead atoms. The second kappa shape index (κ2) is 9.03. The van der Waals surface area contributed by atoms with Crippen molar-refractivity contribution in [2.45, 2.75) is 19.2 Å². The van der Waals surface area contributed by atoms with E-state index in [4.69, 9.17) is 9.84 Å². The number of hydrogen-bond donors (Lipinski definition) is 1. The lowest BCUT2D eigenvalue weighted by molar-refractivity contribution is -0.150. The Bertz CT molecular complexity index is 859. The number of ketones is 1. The topological polar surface area (TPSA) is 89.9 Å². The molecule has 0 aromatic heterocycles. The van der Waals surface area contributed by atoms with Crippen molar-refractivity contribution in [2.75, 3.05) is 6.61 Å². The van der Waals surface area contributed by atoms with Crippen LogP contribution in [0.2, 0.25) is 0 Å². The number of benzene rings is 2. The van der Waals surface area contributed by atoms with Gasteiger partial charge in [-0.3, -0.25) is 14.4 Å². The normalized spacial score (nSPS) is 11.0. The van der Waals surface area contributed by atoms with Crippen LogP contribution in [0.5, 0.6) is 5.75 Å². The zero-order valence-corrected chi connectivity index (χ0v) is 14.4. The third kappa shape index (κ3) is 6.42. The van der Waals surface area contributed by atoms with Crippen molar-refractivity contribution >= 4 is 17.7 Å². The van der Waals surface area contributed by atoms with E-state index in [9.17, 15) is 27.6 Å². The van der Waals surface area contributed by atoms with Crippen LogP contribution in [0.25, 0.3) is 0 Å². The maximum absolute atomic E-state index is 12.7. The van der Waals surface area contributed by atoms with Crippen molar-refractivity contribution in [3.05, 3.63) is 65.2 Å². The fourth-order valence-electron chi connectivity index (χ4n) is 2.15. The van der Waals surface area contributed by atoms with Crippen molar-refractivity contribution in [1.29, 1.82) is 0 Å². The molecule has 0 saturated carbocycles. The van der Waals surface area contributed by atoms with Gasteiger partial charge < -0.3 is 14.6 Å². The fraction of sp³-hybridized carbons (Fsp3) is 0.211. The largest absolute Gasteiger partial charge is 0.489 e. The van der Waals surface area contributed by atoms with Gasteiger partial charge in [-0.1, -0.05) is 12.1 Å². The summed E-state index contributed by atoms with van der Waals surface area (Å²) in [5.74, 6) is -2.60. The van der Waals surface area contributed by atoms with Crippen molar-refractivity contribution in [3.8, 4) is 5.75 Å². The van der Waals surface area contributed by atoms with E-state index < -0.39 is 42.5 Å². The molecule has 1 N–H and O–H groups in total. The lowest BCUT2D eigenvalue weighted by Gasteiger charge is -2.10. The molecule has 2 aromatic carbocycles. The van der Waals surface area contributed by atoms with Gasteiger partial charge in [0.15, 0.2) is 12.4 Å². The number of carbonyl (C=O) groups is 3. The number of esters is 1. The third-order valence-electron chi connectivity index (χ3n) is 3.50. The van der Waals surface area contributed by atoms with Crippen LogP contribution in [0.3, 0.4) is 0 Å². The minimum Gasteiger partial charge on any atom is -0.489 e. The Morgan fingerprint density at radius 2 is 1.68 bits per heavy atom. The number of rotatable bonds is 8. The van der Waals surface area contributed by atoms with E-state index in [0.29, 0.717) is 11.3 Å². The van der Waals surface area contributed by atoms with Gasteiger partial charge in [-0.05, 0) is 42.0 Å². The first-order valence-electron chi connectivity index (χ1n) is 7.95. The van der Waals surface area contributed by atoms with Crippen molar-refractivity contribution in [1.82, 2.24) is 0 Å². The molecule has 0 amide bonds. The van der Waals surface area contributed by atoms with Gasteiger partial charge in [-0.15, -0.1) is 0 Å². The Balaban J connectivity index is 1.90. The van der Waals surface area contributed by atoms with E-state index in [1.807, 2.05) is 0 Å². The van der Waals surface area contributed by atoms with Crippen LogP contribution < -0.4 is 4.74 Å². The summed E-state index contributed by atoms with van der Waals surface area (Å²) in [6, 6.07) is 10.4. The number of carboxylic acids is 1. The second-order valence-corrected chi connectivity index (χ2v) is 5.67. The van der Waals surface area contributed by atoms with Gasteiger partial charge in [-0.25, -0.2) is 0 Å². The lowest BCUT2D eigenvalue weighted by Crippen LogP contribution is -2.16. The molecule has 0 radical (unpaired) electrons. The fourth-order valence-corrected chi connectivity index (χ4v) is 2.15. The van der Waals surface area contributed by atoms with Crippen LogP contribution in [0.15, 0.2) is 48.5 Å². The van der Waals surface area contributed by atoms with Gasteiger partial charge in [0.25, 0.3) is 0 Å². The molecular weight excluding hydrogens is 381 g/mol. The smallest absolute Gasteiger partial charge is 0.416 e. The third-order valence-corrected chi connectivity index (χ3v) is 3.50. The zero-order valence-electron chi connectivity index (χ0n) is 14.4. The average molecular weight is 396 g/mol. The molecule has 148 valence electrons. The molecule has 0 heterocycles. The summed E-state index contributed by atoms with van der Waals surface area (Å²) in [5, 5.41) is 8.43. The van der Waals surface area contributed by atoms with Crippen molar-refractivity contribution in [3.63, 3.8) is 0 Å². The maximum atomic E-state index is 12.7. The molecule has 0 atom stereocenters. The molecule has 0 aliphatic heterocycles. The Hall–Kier alpha value is -3.36. The highest BCUT2D eigenvalue weighted by molar-refractivity contribution is 5.99. The van der Waals surface area contributed by atoms with Gasteiger partial charge >= 0.3 is 18.1 Å². The lowest BCUT2D eigenvalue weighted by atomic mass is 10.1. The zero-order chi connectivity index (χ0) is 20.7. The Morgan fingerprint density at radius 3 is 2.29 bits per heavy atom. The van der Waals surface area contributed by atoms with Crippen LogP contribution in [0.1, 0.15) is 27.9 Å². The monoisotopic (exact) mass is 396 g/mol. The average Bonchev–Trinajstić information content (AvgIpc) is 2.64. The second-order valence-electron chi connectivity index (χ2n) is 5.67. The van der Waals surface area contributed by atoms with E-state index in [-0.39, 0.29) is 12.2 Å². The molecule has 0 aliphatic rings. The van der Waals surface area contributed by atoms with Crippen LogP contribution in [0.4, 0.5) is 13.2 Å². The SMILES string of the molecule is O=C(O)CC(=O)OCC(=O)c1ccc(OCc2cccc(C(F)(F)F)c2)cc1. The van der Waals surface area contributed by atoms with Crippen LogP contribution >= 0.6 is 0 Å². The predicted octanol–water partition coefficient (Wildman–Crippen LogP) is 3.49. The highest BCUT2D eigenvalue weighted by atomic mass is 19.4. The van der Waals surface area contributed by atoms with Gasteiger partial charge in [0.2, 0.25) is 0 Å². The molecule has 9 heteroatoms. The van der Waals surface area contributed by atoms with E-state index in [1.165, 1.54) is 36.4 Å². The van der Waals surface area contributed by atoms with Gasteiger partial charge in [0.05, 0.1) is 5.56 Å². The summed E-state index contributed by atoms with van der Waals surface area (Å²) < 4.78 is 48.0. The summed E-state index contributed by atoms with van der Waals surface area (Å²) in [6.07, 6.45) is -5.28. The summed E-state index contributed by atoms with van der Waals surface area (Å²) in [4.78, 5) is 33.3. The first-order valence-corrected chi connectivity index (χ1v) is 7.95. The molecule has 6 nitrogen and oxygen atoms in total. The molecule has 28 heavy (non-hydrogen) atoms. The number of aliphatic carboxylic acids is 1. The quantitative estimate of drug-likeness (QED) is 0.417. The number of hydrogen-bond acceptors (Lipinski definition) is 5.